The summed E-state index contributed by atoms with van der Waals surface area (Å²) < 4.78 is 2.31. The van der Waals surface area contributed by atoms with E-state index >= 15 is 0 Å². The summed E-state index contributed by atoms with van der Waals surface area (Å²) in [6.45, 7) is 6.49. The van der Waals surface area contributed by atoms with Crippen LogP contribution in [0.3, 0.4) is 0 Å². The quantitative estimate of drug-likeness (QED) is 0.716. The van der Waals surface area contributed by atoms with Crippen LogP contribution in [0.15, 0.2) is 48.5 Å². The van der Waals surface area contributed by atoms with E-state index in [0.29, 0.717) is 0 Å². The van der Waals surface area contributed by atoms with Gasteiger partial charge in [-0.05, 0) is 24.1 Å². The lowest BCUT2D eigenvalue weighted by Crippen LogP contribution is -2.36. The molecule has 0 saturated carbocycles. The first kappa shape index (κ1) is 13.5. The highest BCUT2D eigenvalue weighted by Crippen LogP contribution is 2.20. The molecule has 1 aromatic carbocycles. The van der Waals surface area contributed by atoms with Crippen LogP contribution in [-0.2, 0) is 12.8 Å². The van der Waals surface area contributed by atoms with Gasteiger partial charge in [0.2, 0.25) is 0 Å². The predicted octanol–water partition coefficient (Wildman–Crippen LogP) is 4.26. The minimum absolute atomic E-state index is 1.04. The molecule has 0 N–H and O–H groups in total. The molecule has 1 nitrogen and oxygen atoms in total. The summed E-state index contributed by atoms with van der Waals surface area (Å²) in [5.41, 5.74) is 5.32. The van der Waals surface area contributed by atoms with Crippen molar-refractivity contribution in [1.82, 2.24) is 0 Å². The van der Waals surface area contributed by atoms with Crippen LogP contribution < -0.4 is 4.57 Å². The van der Waals surface area contributed by atoms with Crippen molar-refractivity contribution >= 4 is 6.20 Å². The van der Waals surface area contributed by atoms with Crippen LogP contribution in [0.25, 0.3) is 17.3 Å². The number of allylic oxidation sites excluding steroid dienone is 1. The third-order valence-corrected chi connectivity index (χ3v) is 3.39. The van der Waals surface area contributed by atoms with Crippen LogP contribution in [-0.4, -0.2) is 0 Å². The number of pyridine rings is 1. The fourth-order valence-corrected chi connectivity index (χ4v) is 2.41. The molecule has 0 aliphatic carbocycles. The molecule has 0 bridgehead atoms. The third-order valence-electron chi connectivity index (χ3n) is 3.39. The highest BCUT2D eigenvalue weighted by Gasteiger charge is 2.15. The molecule has 1 heteroatoms. The lowest BCUT2D eigenvalue weighted by atomic mass is 10.0. The number of aryl methyl sites for hydroxylation is 2. The maximum atomic E-state index is 2.31. The summed E-state index contributed by atoms with van der Waals surface area (Å²) in [7, 11) is 0. The number of nitrogens with zero attached hydrogens (tertiary/aromatic N) is 1. The van der Waals surface area contributed by atoms with Crippen molar-refractivity contribution in [3.63, 3.8) is 0 Å². The molecule has 2 rings (SSSR count). The van der Waals surface area contributed by atoms with Crippen LogP contribution in [0.4, 0.5) is 0 Å². The number of rotatable bonds is 4. The fourth-order valence-electron chi connectivity index (χ4n) is 2.41. The summed E-state index contributed by atoms with van der Waals surface area (Å²) in [5, 5.41) is 0. The average molecular weight is 252 g/mol. The molecular weight excluding hydrogens is 230 g/mol. The van der Waals surface area contributed by atoms with Gasteiger partial charge in [0.1, 0.15) is 0 Å². The van der Waals surface area contributed by atoms with E-state index in [4.69, 9.17) is 0 Å². The normalized spacial score (nSPS) is 11.1. The summed E-state index contributed by atoms with van der Waals surface area (Å²) in [6.07, 6.45) is 6.34. The van der Waals surface area contributed by atoms with Crippen molar-refractivity contribution in [2.45, 2.75) is 33.6 Å². The number of benzene rings is 1. The van der Waals surface area contributed by atoms with Crippen molar-refractivity contribution in [2.75, 3.05) is 0 Å². The first-order valence-electron chi connectivity index (χ1n) is 7.05. The van der Waals surface area contributed by atoms with Gasteiger partial charge in [0.15, 0.2) is 17.6 Å². The molecule has 98 valence electrons. The van der Waals surface area contributed by atoms with Crippen molar-refractivity contribution in [2.24, 2.45) is 0 Å². The van der Waals surface area contributed by atoms with Gasteiger partial charge in [-0.1, -0.05) is 44.2 Å². The fraction of sp³-hybridized carbons (Fsp3) is 0.278. The van der Waals surface area contributed by atoms with E-state index < -0.39 is 0 Å². The second-order valence-corrected chi connectivity index (χ2v) is 4.65. The number of aromatic nitrogens is 1. The second-order valence-electron chi connectivity index (χ2n) is 4.65. The molecular formula is C18H22N+. The van der Waals surface area contributed by atoms with E-state index in [1.807, 2.05) is 0 Å². The summed E-state index contributed by atoms with van der Waals surface area (Å²) in [6, 6.07) is 15.2. The van der Waals surface area contributed by atoms with Crippen molar-refractivity contribution in [3.8, 4) is 11.1 Å². The minimum atomic E-state index is 1.04. The summed E-state index contributed by atoms with van der Waals surface area (Å²) in [4.78, 5) is 0. The molecule has 1 heterocycles. The molecule has 0 aliphatic heterocycles. The Bertz CT molecular complexity index is 542. The van der Waals surface area contributed by atoms with Gasteiger partial charge in [0.05, 0.1) is 0 Å². The van der Waals surface area contributed by atoms with E-state index in [-0.39, 0.29) is 0 Å². The summed E-state index contributed by atoms with van der Waals surface area (Å²) >= 11 is 0. The molecule has 0 amide bonds. The van der Waals surface area contributed by atoms with Crippen LogP contribution in [0, 0.1) is 0 Å². The largest absolute Gasteiger partial charge is 0.187 e. The van der Waals surface area contributed by atoms with Crippen LogP contribution in [0.2, 0.25) is 0 Å². The molecule has 1 aromatic heterocycles. The Hall–Kier alpha value is -1.89. The van der Waals surface area contributed by atoms with Crippen LogP contribution in [0.1, 0.15) is 32.2 Å². The van der Waals surface area contributed by atoms with Gasteiger partial charge in [0.25, 0.3) is 0 Å². The molecule has 0 unspecified atom stereocenters. The van der Waals surface area contributed by atoms with Crippen LogP contribution in [0.5, 0.6) is 0 Å². The van der Waals surface area contributed by atoms with Gasteiger partial charge < -0.3 is 0 Å². The highest BCUT2D eigenvalue weighted by atomic mass is 15.0. The minimum Gasteiger partial charge on any atom is -0.169 e. The molecule has 0 fully saturated rings. The van der Waals surface area contributed by atoms with Crippen molar-refractivity contribution in [1.29, 1.82) is 0 Å². The predicted molar refractivity (Wildman–Crippen MR) is 81.8 cm³/mol. The van der Waals surface area contributed by atoms with E-state index in [1.165, 1.54) is 22.5 Å². The average Bonchev–Trinajstić information content (AvgIpc) is 2.48. The van der Waals surface area contributed by atoms with E-state index in [1.54, 1.807) is 0 Å². The molecule has 0 spiro atoms. The molecule has 0 atom stereocenters. The molecule has 0 aliphatic rings. The zero-order valence-corrected chi connectivity index (χ0v) is 12.1. The van der Waals surface area contributed by atoms with Gasteiger partial charge in [0, 0.05) is 25.0 Å². The molecule has 2 aromatic rings. The van der Waals surface area contributed by atoms with Gasteiger partial charge in [-0.3, -0.25) is 0 Å². The monoisotopic (exact) mass is 252 g/mol. The Kier molecular flexibility index (Phi) is 4.51. The maximum absolute atomic E-state index is 2.31. The lowest BCUT2D eigenvalue weighted by Gasteiger charge is -2.07. The zero-order chi connectivity index (χ0) is 13.7. The topological polar surface area (TPSA) is 3.88 Å². The van der Waals surface area contributed by atoms with Gasteiger partial charge in [-0.25, -0.2) is 0 Å². The SMILES string of the molecule is C/C=C/[n+]1c(CC)cc(-c2ccccc2)cc1CC. The van der Waals surface area contributed by atoms with Crippen molar-refractivity contribution in [3.05, 3.63) is 59.9 Å². The Morgan fingerprint density at radius 2 is 1.47 bits per heavy atom. The van der Waals surface area contributed by atoms with Gasteiger partial charge in [-0.15, -0.1) is 0 Å². The zero-order valence-electron chi connectivity index (χ0n) is 12.1. The third kappa shape index (κ3) is 2.93. The Morgan fingerprint density at radius 1 is 0.895 bits per heavy atom. The van der Waals surface area contributed by atoms with Gasteiger partial charge >= 0.3 is 0 Å². The first-order valence-corrected chi connectivity index (χ1v) is 7.05. The Morgan fingerprint density at radius 3 is 1.95 bits per heavy atom. The first-order chi connectivity index (χ1) is 9.30. The van der Waals surface area contributed by atoms with Gasteiger partial charge in [-0.2, -0.15) is 4.57 Å². The molecule has 0 radical (unpaired) electrons. The van der Waals surface area contributed by atoms with Crippen LogP contribution >= 0.6 is 0 Å². The standard InChI is InChI=1S/C18H22N/c1-4-12-19-17(5-2)13-16(14-18(19)6-3)15-10-8-7-9-11-15/h4,7-14H,5-6H2,1-3H3/q+1/b12-4+. The van der Waals surface area contributed by atoms with Crippen molar-refractivity contribution < 1.29 is 4.57 Å². The molecule has 0 saturated heterocycles. The second kappa shape index (κ2) is 6.33. The van der Waals surface area contributed by atoms with E-state index in [0.717, 1.165) is 12.8 Å². The smallest absolute Gasteiger partial charge is 0.169 e. The highest BCUT2D eigenvalue weighted by molar-refractivity contribution is 5.63. The maximum Gasteiger partial charge on any atom is 0.187 e. The van der Waals surface area contributed by atoms with E-state index in [2.05, 4.69) is 80.1 Å². The Balaban J connectivity index is 2.60. The van der Waals surface area contributed by atoms with E-state index in [9.17, 15) is 0 Å². The molecule has 19 heavy (non-hydrogen) atoms. The number of hydrogen-bond donors (Lipinski definition) is 0. The summed E-state index contributed by atoms with van der Waals surface area (Å²) in [5.74, 6) is 0. The Labute approximate surface area is 116 Å². The lowest BCUT2D eigenvalue weighted by molar-refractivity contribution is -0.585. The number of hydrogen-bond acceptors (Lipinski definition) is 0.